The summed E-state index contributed by atoms with van der Waals surface area (Å²) < 4.78 is 44.5. The number of halogens is 4. The van der Waals surface area contributed by atoms with Crippen LogP contribution in [0.5, 0.6) is 5.75 Å². The van der Waals surface area contributed by atoms with E-state index >= 15 is 0 Å². The number of ether oxygens (including phenoxy) is 1. The van der Waals surface area contributed by atoms with Gasteiger partial charge in [-0.2, -0.15) is 13.2 Å². The van der Waals surface area contributed by atoms with Gasteiger partial charge in [0.05, 0.1) is 16.6 Å². The molecule has 0 spiro atoms. The Labute approximate surface area is 174 Å². The summed E-state index contributed by atoms with van der Waals surface area (Å²) in [4.78, 5) is 12.3. The number of rotatable bonds is 5. The van der Waals surface area contributed by atoms with Gasteiger partial charge in [-0.1, -0.05) is 19.9 Å². The molecule has 2 rings (SSSR count). The van der Waals surface area contributed by atoms with Crippen molar-refractivity contribution in [2.75, 3.05) is 11.9 Å². The zero-order valence-corrected chi connectivity index (χ0v) is 17.5. The van der Waals surface area contributed by atoms with Gasteiger partial charge in [-0.3, -0.25) is 10.1 Å². The number of hydrogen-bond donors (Lipinski definition) is 2. The maximum Gasteiger partial charge on any atom is 0.416 e. The van der Waals surface area contributed by atoms with Crippen LogP contribution in [0.25, 0.3) is 0 Å². The molecule has 0 aliphatic carbocycles. The molecule has 0 saturated carbocycles. The second-order valence-corrected chi connectivity index (χ2v) is 7.60. The summed E-state index contributed by atoms with van der Waals surface area (Å²) >= 11 is 8.37. The summed E-state index contributed by atoms with van der Waals surface area (Å²) in [5.41, 5.74) is -0.372. The van der Waals surface area contributed by atoms with Crippen molar-refractivity contribution in [2.24, 2.45) is 5.92 Å². The summed E-state index contributed by atoms with van der Waals surface area (Å²) in [7, 11) is 0. The van der Waals surface area contributed by atoms with Crippen LogP contribution in [0, 0.1) is 5.92 Å². The minimum absolute atomic E-state index is 0.111. The Morgan fingerprint density at radius 2 is 1.93 bits per heavy atom. The summed E-state index contributed by atoms with van der Waals surface area (Å²) in [6, 6.07) is 9.35. The van der Waals surface area contributed by atoms with Crippen molar-refractivity contribution < 1.29 is 22.7 Å². The summed E-state index contributed by atoms with van der Waals surface area (Å²) in [6.45, 7) is 4.58. The van der Waals surface area contributed by atoms with Gasteiger partial charge in [0.2, 0.25) is 0 Å². The lowest BCUT2D eigenvalue weighted by molar-refractivity contribution is -0.137. The van der Waals surface area contributed by atoms with Crippen LogP contribution in [0.2, 0.25) is 0 Å². The number of nitrogens with one attached hydrogen (secondary N) is 2. The number of anilines is 1. The first-order valence-corrected chi connectivity index (χ1v) is 9.48. The molecular formula is C19H18BrF3N2O2S. The molecule has 2 aromatic carbocycles. The number of carbonyl (C=O) groups excluding carboxylic acids is 1. The van der Waals surface area contributed by atoms with E-state index in [0.717, 1.165) is 12.1 Å². The number of amides is 1. The first-order valence-electron chi connectivity index (χ1n) is 8.28. The number of thiocarbonyl (C=S) groups is 1. The highest BCUT2D eigenvalue weighted by Gasteiger charge is 2.30. The van der Waals surface area contributed by atoms with E-state index in [-0.39, 0.29) is 10.8 Å². The average Bonchev–Trinajstić information content (AvgIpc) is 2.59. The molecule has 1 amide bonds. The zero-order valence-electron chi connectivity index (χ0n) is 15.1. The smallest absolute Gasteiger partial charge is 0.416 e. The second kappa shape index (κ2) is 9.38. The molecule has 0 aliphatic heterocycles. The fraction of sp³-hybridized carbons (Fsp3) is 0.263. The fourth-order valence-electron chi connectivity index (χ4n) is 2.13. The summed E-state index contributed by atoms with van der Waals surface area (Å²) in [5.74, 6) is 0.463. The van der Waals surface area contributed by atoms with Crippen molar-refractivity contribution in [3.63, 3.8) is 0 Å². The van der Waals surface area contributed by atoms with Crippen molar-refractivity contribution in [2.45, 2.75) is 20.0 Å². The van der Waals surface area contributed by atoms with Gasteiger partial charge < -0.3 is 10.1 Å². The van der Waals surface area contributed by atoms with E-state index < -0.39 is 17.6 Å². The van der Waals surface area contributed by atoms with Crippen molar-refractivity contribution in [1.29, 1.82) is 0 Å². The molecular weight excluding hydrogens is 457 g/mol. The molecule has 0 radical (unpaired) electrons. The van der Waals surface area contributed by atoms with E-state index in [9.17, 15) is 18.0 Å². The molecule has 4 nitrogen and oxygen atoms in total. The van der Waals surface area contributed by atoms with Crippen LogP contribution in [0.3, 0.4) is 0 Å². The van der Waals surface area contributed by atoms with Gasteiger partial charge in [0.25, 0.3) is 5.91 Å². The zero-order chi connectivity index (χ0) is 20.9. The van der Waals surface area contributed by atoms with E-state index in [1.165, 1.54) is 12.1 Å². The van der Waals surface area contributed by atoms with Crippen molar-refractivity contribution in [3.8, 4) is 5.75 Å². The Kier molecular flexibility index (Phi) is 7.42. The third kappa shape index (κ3) is 6.49. The van der Waals surface area contributed by atoms with Crippen LogP contribution in [-0.2, 0) is 6.18 Å². The molecule has 0 fully saturated rings. The Morgan fingerprint density at radius 3 is 2.54 bits per heavy atom. The van der Waals surface area contributed by atoms with Gasteiger partial charge in [0.1, 0.15) is 5.75 Å². The summed E-state index contributed by atoms with van der Waals surface area (Å²) in [5, 5.41) is 4.90. The monoisotopic (exact) mass is 474 g/mol. The quantitative estimate of drug-likeness (QED) is 0.551. The Morgan fingerprint density at radius 1 is 1.21 bits per heavy atom. The SMILES string of the molecule is CC(C)COc1ccc(C(=O)NC(=S)Nc2cccc(C(F)(F)F)c2)cc1Br. The summed E-state index contributed by atoms with van der Waals surface area (Å²) in [6.07, 6.45) is -4.46. The van der Waals surface area contributed by atoms with Gasteiger partial charge in [0.15, 0.2) is 5.11 Å². The lowest BCUT2D eigenvalue weighted by Crippen LogP contribution is -2.34. The molecule has 0 saturated heterocycles. The number of carbonyl (C=O) groups is 1. The molecule has 2 aromatic rings. The van der Waals surface area contributed by atoms with Gasteiger partial charge in [-0.05, 0) is 70.5 Å². The van der Waals surface area contributed by atoms with Crippen LogP contribution in [-0.4, -0.2) is 17.6 Å². The van der Waals surface area contributed by atoms with Crippen LogP contribution >= 0.6 is 28.1 Å². The highest BCUT2D eigenvalue weighted by atomic mass is 79.9. The number of alkyl halides is 3. The largest absolute Gasteiger partial charge is 0.492 e. The van der Waals surface area contributed by atoms with E-state index in [1.807, 2.05) is 13.8 Å². The molecule has 0 aromatic heterocycles. The molecule has 28 heavy (non-hydrogen) atoms. The fourth-order valence-corrected chi connectivity index (χ4v) is 2.83. The van der Waals surface area contributed by atoms with Crippen LogP contribution < -0.4 is 15.4 Å². The van der Waals surface area contributed by atoms with Gasteiger partial charge in [0, 0.05) is 11.3 Å². The molecule has 0 unspecified atom stereocenters. The van der Waals surface area contributed by atoms with Crippen molar-refractivity contribution in [1.82, 2.24) is 5.32 Å². The van der Waals surface area contributed by atoms with Gasteiger partial charge in [-0.15, -0.1) is 0 Å². The highest BCUT2D eigenvalue weighted by molar-refractivity contribution is 9.10. The Hall–Kier alpha value is -2.13. The average molecular weight is 475 g/mol. The highest BCUT2D eigenvalue weighted by Crippen LogP contribution is 2.30. The minimum atomic E-state index is -4.46. The first-order chi connectivity index (χ1) is 13.1. The predicted molar refractivity (Wildman–Crippen MR) is 110 cm³/mol. The third-order valence-corrected chi connectivity index (χ3v) is 4.26. The lowest BCUT2D eigenvalue weighted by Gasteiger charge is -2.13. The van der Waals surface area contributed by atoms with E-state index in [2.05, 4.69) is 26.6 Å². The molecule has 150 valence electrons. The maximum atomic E-state index is 12.8. The van der Waals surface area contributed by atoms with Crippen LogP contribution in [0.15, 0.2) is 46.9 Å². The molecule has 0 aliphatic rings. The molecule has 0 atom stereocenters. The van der Waals surface area contributed by atoms with Crippen LogP contribution in [0.1, 0.15) is 29.8 Å². The van der Waals surface area contributed by atoms with E-state index in [0.29, 0.717) is 28.3 Å². The molecule has 2 N–H and O–H groups in total. The molecule has 0 bridgehead atoms. The van der Waals surface area contributed by atoms with Gasteiger partial charge >= 0.3 is 6.18 Å². The maximum absolute atomic E-state index is 12.8. The second-order valence-electron chi connectivity index (χ2n) is 6.34. The molecule has 0 heterocycles. The van der Waals surface area contributed by atoms with E-state index in [4.69, 9.17) is 17.0 Å². The minimum Gasteiger partial charge on any atom is -0.492 e. The Balaban J connectivity index is 2.01. The van der Waals surface area contributed by atoms with E-state index in [1.54, 1.807) is 18.2 Å². The predicted octanol–water partition coefficient (Wildman–Crippen LogP) is 5.63. The topological polar surface area (TPSA) is 50.4 Å². The third-order valence-electron chi connectivity index (χ3n) is 3.44. The number of benzene rings is 2. The van der Waals surface area contributed by atoms with Gasteiger partial charge in [-0.25, -0.2) is 0 Å². The standard InChI is InChI=1S/C19H18BrF3N2O2S/c1-11(2)10-27-16-7-6-12(8-15(16)20)17(26)25-18(28)24-14-5-3-4-13(9-14)19(21,22)23/h3-9,11H,10H2,1-2H3,(H2,24,25,26,28). The first kappa shape index (κ1) is 22.2. The Bertz CT molecular complexity index is 872. The number of hydrogen-bond acceptors (Lipinski definition) is 3. The normalized spacial score (nSPS) is 11.2. The lowest BCUT2D eigenvalue weighted by atomic mass is 10.2. The molecule has 9 heteroatoms. The van der Waals surface area contributed by atoms with Crippen LogP contribution in [0.4, 0.5) is 18.9 Å². The van der Waals surface area contributed by atoms with Crippen molar-refractivity contribution in [3.05, 3.63) is 58.1 Å². The van der Waals surface area contributed by atoms with Crippen molar-refractivity contribution >= 4 is 44.9 Å².